The van der Waals surface area contributed by atoms with Crippen LogP contribution in [0.2, 0.25) is 0 Å². The predicted octanol–water partition coefficient (Wildman–Crippen LogP) is 0.829. The number of rotatable bonds is 4. The summed E-state index contributed by atoms with van der Waals surface area (Å²) in [5.74, 6) is -0.784. The molecule has 19 heavy (non-hydrogen) atoms. The number of allylic oxidation sites excluding steroid dienone is 2. The molecule has 0 fully saturated rings. The standard InChI is InChI=1S/C13H19NO4.H2O/c1-5-17-12(15)10-7-11(13(16)18-6-2)9(4)14-8(10)3;/h14H,5-7H2,1-4H3;1H2. The molecule has 0 radical (unpaired) electrons. The zero-order valence-corrected chi connectivity index (χ0v) is 11.8. The van der Waals surface area contributed by atoms with E-state index in [0.29, 0.717) is 24.4 Å². The van der Waals surface area contributed by atoms with Crippen LogP contribution in [-0.2, 0) is 19.1 Å². The highest BCUT2D eigenvalue weighted by molar-refractivity contribution is 5.96. The van der Waals surface area contributed by atoms with Gasteiger partial charge in [-0.15, -0.1) is 0 Å². The molecule has 6 nitrogen and oxygen atoms in total. The van der Waals surface area contributed by atoms with E-state index in [1.54, 1.807) is 27.7 Å². The first-order valence-electron chi connectivity index (χ1n) is 6.02. The highest BCUT2D eigenvalue weighted by Crippen LogP contribution is 2.24. The van der Waals surface area contributed by atoms with Crippen LogP contribution in [-0.4, -0.2) is 30.6 Å². The quantitative estimate of drug-likeness (QED) is 0.764. The molecule has 1 heterocycles. The van der Waals surface area contributed by atoms with Gasteiger partial charge in [0.15, 0.2) is 0 Å². The largest absolute Gasteiger partial charge is 0.463 e. The van der Waals surface area contributed by atoms with Gasteiger partial charge in [-0.1, -0.05) is 0 Å². The maximum atomic E-state index is 11.7. The van der Waals surface area contributed by atoms with E-state index >= 15 is 0 Å². The zero-order valence-electron chi connectivity index (χ0n) is 11.8. The molecule has 0 atom stereocenters. The molecule has 0 amide bonds. The lowest BCUT2D eigenvalue weighted by Gasteiger charge is -2.22. The third-order valence-electron chi connectivity index (χ3n) is 2.68. The van der Waals surface area contributed by atoms with Crippen molar-refractivity contribution in [1.29, 1.82) is 0 Å². The Morgan fingerprint density at radius 2 is 1.37 bits per heavy atom. The maximum Gasteiger partial charge on any atom is 0.336 e. The van der Waals surface area contributed by atoms with Crippen LogP contribution in [0.4, 0.5) is 0 Å². The van der Waals surface area contributed by atoms with Crippen LogP contribution in [0.1, 0.15) is 34.1 Å². The number of ether oxygens (including phenoxy) is 2. The molecule has 1 aliphatic heterocycles. The summed E-state index contributed by atoms with van der Waals surface area (Å²) in [6, 6.07) is 0. The summed E-state index contributed by atoms with van der Waals surface area (Å²) >= 11 is 0. The molecule has 0 bridgehead atoms. The van der Waals surface area contributed by atoms with E-state index in [4.69, 9.17) is 9.47 Å². The molecule has 6 heteroatoms. The Morgan fingerprint density at radius 3 is 1.68 bits per heavy atom. The average molecular weight is 271 g/mol. The average Bonchev–Trinajstić information content (AvgIpc) is 2.29. The lowest BCUT2D eigenvalue weighted by Crippen LogP contribution is -2.26. The first-order chi connectivity index (χ1) is 8.51. The van der Waals surface area contributed by atoms with Gasteiger partial charge in [0.25, 0.3) is 0 Å². The van der Waals surface area contributed by atoms with Crippen molar-refractivity contribution >= 4 is 11.9 Å². The van der Waals surface area contributed by atoms with Crippen molar-refractivity contribution in [2.24, 2.45) is 0 Å². The Labute approximate surface area is 112 Å². The van der Waals surface area contributed by atoms with Crippen molar-refractivity contribution in [2.75, 3.05) is 13.2 Å². The third kappa shape index (κ3) is 4.10. The SMILES string of the molecule is CCOC(=O)C1=C(C)NC(C)=C(C(=O)OCC)C1.O. The third-order valence-corrected chi connectivity index (χ3v) is 2.68. The van der Waals surface area contributed by atoms with Gasteiger partial charge in [0.1, 0.15) is 0 Å². The predicted molar refractivity (Wildman–Crippen MR) is 70.0 cm³/mol. The lowest BCUT2D eigenvalue weighted by atomic mass is 9.98. The van der Waals surface area contributed by atoms with Crippen LogP contribution in [0.25, 0.3) is 0 Å². The minimum absolute atomic E-state index is 0. The van der Waals surface area contributed by atoms with Crippen molar-refractivity contribution in [2.45, 2.75) is 34.1 Å². The van der Waals surface area contributed by atoms with E-state index in [-0.39, 0.29) is 11.9 Å². The number of carbonyl (C=O) groups excluding carboxylic acids is 2. The zero-order chi connectivity index (χ0) is 13.7. The molecule has 0 saturated heterocycles. The summed E-state index contributed by atoms with van der Waals surface area (Å²) in [6.07, 6.45) is 0.252. The molecule has 1 aliphatic rings. The van der Waals surface area contributed by atoms with Crippen molar-refractivity contribution in [3.63, 3.8) is 0 Å². The Bertz CT molecular complexity index is 385. The Balaban J connectivity index is 0.00000324. The summed E-state index contributed by atoms with van der Waals surface area (Å²) in [6.45, 7) is 7.70. The summed E-state index contributed by atoms with van der Waals surface area (Å²) in [4.78, 5) is 23.5. The van der Waals surface area contributed by atoms with Crippen molar-refractivity contribution < 1.29 is 24.5 Å². The van der Waals surface area contributed by atoms with E-state index in [9.17, 15) is 9.59 Å². The Morgan fingerprint density at radius 1 is 1.00 bits per heavy atom. The van der Waals surface area contributed by atoms with Gasteiger partial charge in [-0.05, 0) is 27.7 Å². The summed E-state index contributed by atoms with van der Waals surface area (Å²) < 4.78 is 9.93. The molecule has 108 valence electrons. The van der Waals surface area contributed by atoms with E-state index in [2.05, 4.69) is 5.32 Å². The number of esters is 2. The van der Waals surface area contributed by atoms with Gasteiger partial charge < -0.3 is 20.3 Å². The van der Waals surface area contributed by atoms with Gasteiger partial charge >= 0.3 is 11.9 Å². The molecule has 1 rings (SSSR count). The molecule has 0 unspecified atom stereocenters. The fraction of sp³-hybridized carbons (Fsp3) is 0.538. The minimum Gasteiger partial charge on any atom is -0.463 e. The Hall–Kier alpha value is -1.82. The molecular weight excluding hydrogens is 250 g/mol. The molecular formula is C13H21NO5. The van der Waals surface area contributed by atoms with Gasteiger partial charge in [-0.25, -0.2) is 9.59 Å². The first kappa shape index (κ1) is 17.2. The second-order valence-corrected chi connectivity index (χ2v) is 3.95. The smallest absolute Gasteiger partial charge is 0.336 e. The van der Waals surface area contributed by atoms with Crippen LogP contribution in [0.3, 0.4) is 0 Å². The van der Waals surface area contributed by atoms with Crippen LogP contribution in [0.15, 0.2) is 22.5 Å². The number of hydrogen-bond acceptors (Lipinski definition) is 5. The molecule has 0 aromatic rings. The molecule has 0 saturated carbocycles. The van der Waals surface area contributed by atoms with Crippen molar-refractivity contribution in [3.05, 3.63) is 22.5 Å². The fourth-order valence-corrected chi connectivity index (χ4v) is 1.76. The minimum atomic E-state index is -0.392. The van der Waals surface area contributed by atoms with Crippen LogP contribution in [0, 0.1) is 0 Å². The van der Waals surface area contributed by atoms with E-state index in [1.807, 2.05) is 0 Å². The maximum absolute atomic E-state index is 11.7. The van der Waals surface area contributed by atoms with Gasteiger partial charge in [0.2, 0.25) is 0 Å². The molecule has 3 N–H and O–H groups in total. The number of hydrogen-bond donors (Lipinski definition) is 1. The van der Waals surface area contributed by atoms with Crippen molar-refractivity contribution in [1.82, 2.24) is 5.32 Å². The van der Waals surface area contributed by atoms with E-state index < -0.39 is 11.9 Å². The fourth-order valence-electron chi connectivity index (χ4n) is 1.76. The summed E-state index contributed by atoms with van der Waals surface area (Å²) in [5.41, 5.74) is 2.40. The number of carbonyl (C=O) groups is 2. The van der Waals surface area contributed by atoms with Gasteiger partial charge in [-0.3, -0.25) is 0 Å². The molecule has 0 aliphatic carbocycles. The normalized spacial score (nSPS) is 14.5. The molecule has 0 aromatic carbocycles. The van der Waals surface area contributed by atoms with E-state index in [0.717, 1.165) is 11.4 Å². The molecule has 0 aromatic heterocycles. The lowest BCUT2D eigenvalue weighted by molar-refractivity contribution is -0.139. The summed E-state index contributed by atoms with van der Waals surface area (Å²) in [7, 11) is 0. The molecule has 0 spiro atoms. The highest BCUT2D eigenvalue weighted by Gasteiger charge is 2.26. The van der Waals surface area contributed by atoms with E-state index in [1.165, 1.54) is 0 Å². The van der Waals surface area contributed by atoms with Crippen LogP contribution < -0.4 is 5.32 Å². The summed E-state index contributed by atoms with van der Waals surface area (Å²) in [5, 5.41) is 3.02. The highest BCUT2D eigenvalue weighted by atomic mass is 16.5. The van der Waals surface area contributed by atoms with Crippen LogP contribution >= 0.6 is 0 Å². The Kier molecular flexibility index (Phi) is 6.85. The van der Waals surface area contributed by atoms with Crippen molar-refractivity contribution in [3.8, 4) is 0 Å². The van der Waals surface area contributed by atoms with Gasteiger partial charge in [-0.2, -0.15) is 0 Å². The van der Waals surface area contributed by atoms with Crippen LogP contribution in [0.5, 0.6) is 0 Å². The second kappa shape index (κ2) is 7.58. The monoisotopic (exact) mass is 271 g/mol. The van der Waals surface area contributed by atoms with Gasteiger partial charge in [0.05, 0.1) is 24.4 Å². The second-order valence-electron chi connectivity index (χ2n) is 3.95. The number of dihydropyridines is 1. The number of nitrogens with one attached hydrogen (secondary N) is 1. The topological polar surface area (TPSA) is 96.1 Å². The van der Waals surface area contributed by atoms with Gasteiger partial charge in [0, 0.05) is 17.8 Å². The first-order valence-corrected chi connectivity index (χ1v) is 6.02.